The van der Waals surface area contributed by atoms with Gasteiger partial charge in [-0.1, -0.05) is 49.5 Å². The normalized spacial score (nSPS) is 16.8. The summed E-state index contributed by atoms with van der Waals surface area (Å²) in [4.78, 5) is 31.1. The van der Waals surface area contributed by atoms with Gasteiger partial charge in [-0.25, -0.2) is 0 Å². The van der Waals surface area contributed by atoms with Crippen molar-refractivity contribution in [3.8, 4) is 11.8 Å². The van der Waals surface area contributed by atoms with Crippen molar-refractivity contribution in [2.75, 3.05) is 25.1 Å². The van der Waals surface area contributed by atoms with Crippen LogP contribution in [-0.2, 0) is 17.9 Å². The smallest absolute Gasteiger partial charge is 0.270 e. The molecule has 7 nitrogen and oxygen atoms in total. The minimum Gasteiger partial charge on any atom is -0.497 e. The van der Waals surface area contributed by atoms with Crippen molar-refractivity contribution in [1.82, 2.24) is 9.47 Å². The van der Waals surface area contributed by atoms with Crippen LogP contribution in [0.2, 0.25) is 0 Å². The standard InChI is InChI=1S/C27H30N4O3S2/c1-4-5-14-30-24(29-12-6-7-13-29)21(18(2)22(16-28)25(30)32)15-23-26(33)31(27(35)36-23)17-19-8-10-20(34-3)11-9-19/h8-11,15H,4-7,12-14,17H2,1-3H3. The highest BCUT2D eigenvalue weighted by Crippen LogP contribution is 2.37. The third kappa shape index (κ3) is 5.06. The fourth-order valence-corrected chi connectivity index (χ4v) is 5.86. The van der Waals surface area contributed by atoms with Gasteiger partial charge in [0.15, 0.2) is 0 Å². The van der Waals surface area contributed by atoms with Crippen molar-refractivity contribution < 1.29 is 9.53 Å². The number of thioether (sulfide) groups is 1. The number of carbonyl (C=O) groups excluding carboxylic acids is 1. The van der Waals surface area contributed by atoms with Gasteiger partial charge in [0.05, 0.1) is 18.6 Å². The zero-order valence-corrected chi connectivity index (χ0v) is 22.5. The van der Waals surface area contributed by atoms with Crippen molar-refractivity contribution in [1.29, 1.82) is 5.26 Å². The summed E-state index contributed by atoms with van der Waals surface area (Å²) in [6.45, 7) is 6.47. The van der Waals surface area contributed by atoms with E-state index in [-0.39, 0.29) is 17.0 Å². The summed E-state index contributed by atoms with van der Waals surface area (Å²) in [5.74, 6) is 1.39. The van der Waals surface area contributed by atoms with Gasteiger partial charge in [-0.2, -0.15) is 5.26 Å². The lowest BCUT2D eigenvalue weighted by molar-refractivity contribution is -0.122. The maximum absolute atomic E-state index is 13.4. The number of unbranched alkanes of at least 4 members (excludes halogenated alkanes) is 1. The highest BCUT2D eigenvalue weighted by Gasteiger charge is 2.33. The van der Waals surface area contributed by atoms with Gasteiger partial charge in [-0.05, 0) is 55.5 Å². The van der Waals surface area contributed by atoms with Gasteiger partial charge in [-0.3, -0.25) is 19.1 Å². The third-order valence-corrected chi connectivity index (χ3v) is 8.01. The second-order valence-corrected chi connectivity index (χ2v) is 10.6. The fourth-order valence-electron chi connectivity index (χ4n) is 4.62. The van der Waals surface area contributed by atoms with Crippen molar-refractivity contribution in [2.24, 2.45) is 0 Å². The molecule has 0 atom stereocenters. The second kappa shape index (κ2) is 11.3. The van der Waals surface area contributed by atoms with Crippen LogP contribution in [0, 0.1) is 18.3 Å². The first kappa shape index (κ1) is 26.0. The molecule has 4 rings (SSSR count). The Bertz CT molecular complexity index is 1300. The molecule has 1 amide bonds. The quantitative estimate of drug-likeness (QED) is 0.363. The average molecular weight is 523 g/mol. The van der Waals surface area contributed by atoms with Crippen LogP contribution in [0.1, 0.15) is 54.9 Å². The van der Waals surface area contributed by atoms with E-state index in [0.717, 1.165) is 61.5 Å². The Labute approximate surface area is 221 Å². The van der Waals surface area contributed by atoms with Gasteiger partial charge >= 0.3 is 0 Å². The number of methoxy groups -OCH3 is 1. The Morgan fingerprint density at radius 1 is 1.19 bits per heavy atom. The number of hydrogen-bond donors (Lipinski definition) is 0. The van der Waals surface area contributed by atoms with E-state index in [1.54, 1.807) is 23.5 Å². The van der Waals surface area contributed by atoms with Crippen LogP contribution < -0.4 is 15.2 Å². The average Bonchev–Trinajstić information content (AvgIpc) is 3.50. The number of thiocarbonyl (C=S) groups is 1. The highest BCUT2D eigenvalue weighted by atomic mass is 32.2. The van der Waals surface area contributed by atoms with Crippen LogP contribution in [0.25, 0.3) is 6.08 Å². The Morgan fingerprint density at radius 2 is 1.89 bits per heavy atom. The van der Waals surface area contributed by atoms with Gasteiger partial charge in [0.25, 0.3) is 11.5 Å². The predicted octanol–water partition coefficient (Wildman–Crippen LogP) is 4.84. The van der Waals surface area contributed by atoms with Gasteiger partial charge in [-0.15, -0.1) is 0 Å². The topological polar surface area (TPSA) is 78.6 Å². The van der Waals surface area contributed by atoms with Crippen LogP contribution in [0.3, 0.4) is 0 Å². The maximum Gasteiger partial charge on any atom is 0.270 e. The van der Waals surface area contributed by atoms with Crippen molar-refractivity contribution >= 4 is 46.1 Å². The summed E-state index contributed by atoms with van der Waals surface area (Å²) in [6.07, 6.45) is 5.69. The summed E-state index contributed by atoms with van der Waals surface area (Å²) < 4.78 is 7.45. The number of hydrogen-bond acceptors (Lipinski definition) is 7. The van der Waals surface area contributed by atoms with E-state index >= 15 is 0 Å². The number of nitriles is 1. The number of benzene rings is 1. The fraction of sp³-hybridized carbons (Fsp3) is 0.407. The van der Waals surface area contributed by atoms with Gasteiger partial charge in [0, 0.05) is 25.2 Å². The van der Waals surface area contributed by atoms with Crippen molar-refractivity contribution in [3.05, 3.63) is 61.8 Å². The summed E-state index contributed by atoms with van der Waals surface area (Å²) in [7, 11) is 1.61. The molecule has 2 aliphatic heterocycles. The summed E-state index contributed by atoms with van der Waals surface area (Å²) in [5.41, 5.74) is 2.19. The number of anilines is 1. The molecule has 1 aromatic heterocycles. The van der Waals surface area contributed by atoms with Crippen molar-refractivity contribution in [2.45, 2.75) is 52.6 Å². The minimum absolute atomic E-state index is 0.133. The minimum atomic E-state index is -0.255. The zero-order valence-electron chi connectivity index (χ0n) is 20.9. The molecule has 0 unspecified atom stereocenters. The number of ether oxygens (including phenoxy) is 1. The number of rotatable bonds is 8. The molecule has 2 aliphatic rings. The van der Waals surface area contributed by atoms with Crippen LogP contribution >= 0.6 is 24.0 Å². The van der Waals surface area contributed by atoms with Gasteiger partial charge in [0.2, 0.25) is 0 Å². The highest BCUT2D eigenvalue weighted by molar-refractivity contribution is 8.26. The molecular weight excluding hydrogens is 492 g/mol. The lowest BCUT2D eigenvalue weighted by Gasteiger charge is -2.27. The molecule has 2 fully saturated rings. The molecule has 0 radical (unpaired) electrons. The van der Waals surface area contributed by atoms with Crippen LogP contribution in [0.15, 0.2) is 34.0 Å². The molecule has 0 N–H and O–H groups in total. The second-order valence-electron chi connectivity index (χ2n) is 8.97. The first-order chi connectivity index (χ1) is 17.4. The van der Waals surface area contributed by atoms with E-state index in [4.69, 9.17) is 17.0 Å². The summed E-state index contributed by atoms with van der Waals surface area (Å²) in [5, 5.41) is 9.82. The largest absolute Gasteiger partial charge is 0.497 e. The van der Waals surface area contributed by atoms with Crippen molar-refractivity contribution in [3.63, 3.8) is 0 Å². The Kier molecular flexibility index (Phi) is 8.17. The SMILES string of the molecule is CCCCn1c(N2CCCC2)c(C=C2SC(=S)N(Cc3ccc(OC)cc3)C2=O)c(C)c(C#N)c1=O. The van der Waals surface area contributed by atoms with Crippen LogP contribution in [0.5, 0.6) is 5.75 Å². The third-order valence-electron chi connectivity index (χ3n) is 6.64. The molecule has 2 aromatic rings. The number of amides is 1. The maximum atomic E-state index is 13.4. The Hall–Kier alpha value is -3.09. The molecule has 2 saturated heterocycles. The molecule has 36 heavy (non-hydrogen) atoms. The Balaban J connectivity index is 1.77. The van der Waals surface area contributed by atoms with E-state index in [9.17, 15) is 14.9 Å². The molecular formula is C27H30N4O3S2. The first-order valence-electron chi connectivity index (χ1n) is 12.2. The van der Waals surface area contributed by atoms with E-state index < -0.39 is 0 Å². The van der Waals surface area contributed by atoms with Crippen LogP contribution in [-0.4, -0.2) is 39.9 Å². The lowest BCUT2D eigenvalue weighted by Crippen LogP contribution is -2.33. The number of pyridine rings is 1. The molecule has 0 bridgehead atoms. The first-order valence-corrected chi connectivity index (χ1v) is 13.4. The number of nitrogens with zero attached hydrogens (tertiary/aromatic N) is 4. The molecule has 3 heterocycles. The molecule has 0 aliphatic carbocycles. The monoisotopic (exact) mass is 522 g/mol. The van der Waals surface area contributed by atoms with E-state index in [0.29, 0.717) is 27.9 Å². The van der Waals surface area contributed by atoms with Crippen LogP contribution in [0.4, 0.5) is 5.82 Å². The summed E-state index contributed by atoms with van der Waals surface area (Å²) >= 11 is 6.83. The predicted molar refractivity (Wildman–Crippen MR) is 148 cm³/mol. The molecule has 188 valence electrons. The zero-order chi connectivity index (χ0) is 25.8. The lowest BCUT2D eigenvalue weighted by atomic mass is 10.0. The Morgan fingerprint density at radius 3 is 2.50 bits per heavy atom. The summed E-state index contributed by atoms with van der Waals surface area (Å²) in [6, 6.07) is 9.66. The molecule has 0 spiro atoms. The van der Waals surface area contributed by atoms with E-state index in [2.05, 4.69) is 17.9 Å². The number of carbonyl (C=O) groups is 1. The molecule has 1 aromatic carbocycles. The number of aromatic nitrogens is 1. The molecule has 0 saturated carbocycles. The molecule has 9 heteroatoms. The van der Waals surface area contributed by atoms with E-state index in [1.807, 2.05) is 30.3 Å². The van der Waals surface area contributed by atoms with Gasteiger partial charge < -0.3 is 9.64 Å². The van der Waals surface area contributed by atoms with E-state index in [1.165, 1.54) is 11.8 Å². The van der Waals surface area contributed by atoms with Gasteiger partial charge in [0.1, 0.15) is 27.5 Å².